The normalized spacial score (nSPS) is 55.3. The molecule has 9 atom stereocenters. The fourth-order valence-corrected chi connectivity index (χ4v) is 8.20. The number of fused-ring (bicyclic) bond motifs is 5. The van der Waals surface area contributed by atoms with Crippen molar-refractivity contribution in [3.63, 3.8) is 0 Å². The first-order valence-electron chi connectivity index (χ1n) is 10.1. The average Bonchev–Trinajstić information content (AvgIpc) is 2.91. The molecule has 0 aliphatic heterocycles. The molecule has 142 valence electrons. The van der Waals surface area contributed by atoms with Crippen LogP contribution in [-0.2, 0) is 0 Å². The number of aliphatic hydroxyl groups is 2. The molecule has 0 bridgehead atoms. The zero-order valence-corrected chi connectivity index (χ0v) is 17.2. The van der Waals surface area contributed by atoms with Crippen molar-refractivity contribution in [1.82, 2.24) is 0 Å². The van der Waals surface area contributed by atoms with Gasteiger partial charge < -0.3 is 10.2 Å². The maximum Gasteiger partial charge on any atom is 0.106 e. The molecule has 4 aliphatic carbocycles. The summed E-state index contributed by atoms with van der Waals surface area (Å²) >= 11 is 12.4. The van der Waals surface area contributed by atoms with Gasteiger partial charge in [0.05, 0.1) is 12.2 Å². The van der Waals surface area contributed by atoms with Gasteiger partial charge in [-0.15, -0.1) is 0 Å². The fourth-order valence-electron chi connectivity index (χ4n) is 7.58. The van der Waals surface area contributed by atoms with Crippen LogP contribution >= 0.6 is 23.2 Å². The molecular weight excluding hydrogens is 355 g/mol. The summed E-state index contributed by atoms with van der Waals surface area (Å²) in [6.07, 6.45) is 6.50. The lowest BCUT2D eigenvalue weighted by Crippen LogP contribution is -2.63. The lowest BCUT2D eigenvalue weighted by Gasteiger charge is -2.63. The van der Waals surface area contributed by atoms with Crippen molar-refractivity contribution in [1.29, 1.82) is 0 Å². The van der Waals surface area contributed by atoms with Gasteiger partial charge in [0.2, 0.25) is 0 Å². The number of aliphatic hydroxyl groups excluding tert-OH is 2. The molecule has 0 aromatic carbocycles. The highest BCUT2D eigenvalue weighted by molar-refractivity contribution is 6.56. The maximum absolute atomic E-state index is 11.2. The molecule has 0 heterocycles. The van der Waals surface area contributed by atoms with E-state index in [1.54, 1.807) is 0 Å². The second kappa shape index (κ2) is 6.12. The van der Waals surface area contributed by atoms with Crippen LogP contribution in [0.5, 0.6) is 0 Å². The maximum atomic E-state index is 11.2. The van der Waals surface area contributed by atoms with Crippen LogP contribution in [0.2, 0.25) is 0 Å². The number of rotatable bonds is 0. The average molecular weight is 387 g/mol. The van der Waals surface area contributed by atoms with Crippen molar-refractivity contribution in [2.45, 2.75) is 77.9 Å². The highest BCUT2D eigenvalue weighted by atomic mass is 35.5. The molecule has 4 aliphatic rings. The fraction of sp³-hybridized carbons (Fsp3) is 0.905. The number of allylic oxidation sites excluding steroid dienone is 1. The molecule has 0 spiro atoms. The smallest absolute Gasteiger partial charge is 0.106 e. The van der Waals surface area contributed by atoms with Crippen LogP contribution in [0.3, 0.4) is 0 Å². The topological polar surface area (TPSA) is 40.5 Å². The second-order valence-corrected chi connectivity index (χ2v) is 10.9. The van der Waals surface area contributed by atoms with Crippen LogP contribution in [0.1, 0.15) is 65.7 Å². The first kappa shape index (κ1) is 18.6. The van der Waals surface area contributed by atoms with E-state index in [0.29, 0.717) is 22.2 Å². The van der Waals surface area contributed by atoms with Gasteiger partial charge in [0.1, 0.15) is 4.49 Å². The van der Waals surface area contributed by atoms with Crippen molar-refractivity contribution in [2.75, 3.05) is 0 Å². The first-order valence-corrected chi connectivity index (χ1v) is 10.9. The van der Waals surface area contributed by atoms with Gasteiger partial charge >= 0.3 is 0 Å². The summed E-state index contributed by atoms with van der Waals surface area (Å²) in [5, 5.41) is 22.2. The third-order valence-corrected chi connectivity index (χ3v) is 9.48. The van der Waals surface area contributed by atoms with E-state index in [2.05, 4.69) is 20.8 Å². The van der Waals surface area contributed by atoms with Crippen molar-refractivity contribution in [2.24, 2.45) is 40.4 Å². The van der Waals surface area contributed by atoms with Gasteiger partial charge in [-0.3, -0.25) is 0 Å². The zero-order valence-electron chi connectivity index (χ0n) is 15.6. The summed E-state index contributed by atoms with van der Waals surface area (Å²) in [4.78, 5) is 0. The third-order valence-electron chi connectivity index (χ3n) is 9.03. The van der Waals surface area contributed by atoms with E-state index in [-0.39, 0.29) is 22.7 Å². The molecule has 4 unspecified atom stereocenters. The highest BCUT2D eigenvalue weighted by Crippen LogP contribution is 2.68. The van der Waals surface area contributed by atoms with Gasteiger partial charge in [-0.2, -0.15) is 0 Å². The van der Waals surface area contributed by atoms with Gasteiger partial charge in [0.15, 0.2) is 0 Å². The van der Waals surface area contributed by atoms with Crippen molar-refractivity contribution in [3.05, 3.63) is 10.1 Å². The van der Waals surface area contributed by atoms with Crippen LogP contribution < -0.4 is 0 Å². The van der Waals surface area contributed by atoms with E-state index in [1.807, 2.05) is 0 Å². The molecule has 0 radical (unpaired) electrons. The second-order valence-electron chi connectivity index (χ2n) is 10.00. The minimum Gasteiger partial charge on any atom is -0.390 e. The van der Waals surface area contributed by atoms with E-state index in [0.717, 1.165) is 32.1 Å². The van der Waals surface area contributed by atoms with E-state index >= 15 is 0 Å². The molecule has 0 aromatic heterocycles. The van der Waals surface area contributed by atoms with E-state index in [9.17, 15) is 10.2 Å². The largest absolute Gasteiger partial charge is 0.390 e. The van der Waals surface area contributed by atoms with Crippen molar-refractivity contribution in [3.8, 4) is 0 Å². The van der Waals surface area contributed by atoms with Crippen molar-refractivity contribution < 1.29 is 10.2 Å². The molecular formula is C21H32Cl2O2. The molecule has 0 amide bonds. The molecule has 25 heavy (non-hydrogen) atoms. The van der Waals surface area contributed by atoms with Gasteiger partial charge in [-0.05, 0) is 84.5 Å². The van der Waals surface area contributed by atoms with Crippen LogP contribution in [0.4, 0.5) is 0 Å². The lowest BCUT2D eigenvalue weighted by molar-refractivity contribution is -0.213. The summed E-state index contributed by atoms with van der Waals surface area (Å²) < 4.78 is 0.435. The first-order chi connectivity index (χ1) is 11.7. The standard InChI is InChI=1S/C21H32Cl2O2/c1-11-6-8-21(3)13-7-9-20(2)12(4-5-14(20)19(22)23)16(13)18(25)17(24)15(21)10-11/h11-13,15-18,24-25H,4-10H2,1-3H3/t11-,12?,13?,15?,16?,17+,18+,20-,21+/m0/s1. The zero-order chi connectivity index (χ0) is 18.1. The van der Waals surface area contributed by atoms with E-state index in [4.69, 9.17) is 23.2 Å². The summed E-state index contributed by atoms with van der Waals surface area (Å²) in [7, 11) is 0. The Morgan fingerprint density at radius 3 is 2.36 bits per heavy atom. The minimum atomic E-state index is -0.605. The molecule has 4 heteroatoms. The monoisotopic (exact) mass is 386 g/mol. The molecule has 0 saturated heterocycles. The van der Waals surface area contributed by atoms with Crippen molar-refractivity contribution >= 4 is 23.2 Å². The van der Waals surface area contributed by atoms with E-state index < -0.39 is 12.2 Å². The van der Waals surface area contributed by atoms with Gasteiger partial charge in [-0.25, -0.2) is 0 Å². The molecule has 0 aromatic rings. The summed E-state index contributed by atoms with van der Waals surface area (Å²) in [5.41, 5.74) is 1.34. The Labute approximate surface area is 162 Å². The number of hydrogen-bond acceptors (Lipinski definition) is 2. The Morgan fingerprint density at radius 1 is 0.960 bits per heavy atom. The Hall–Kier alpha value is 0.240. The van der Waals surface area contributed by atoms with Crippen LogP contribution in [0.25, 0.3) is 0 Å². The predicted molar refractivity (Wildman–Crippen MR) is 102 cm³/mol. The van der Waals surface area contributed by atoms with E-state index in [1.165, 1.54) is 18.4 Å². The van der Waals surface area contributed by atoms with Crippen LogP contribution in [0, 0.1) is 40.4 Å². The highest BCUT2D eigenvalue weighted by Gasteiger charge is 2.64. The quantitative estimate of drug-likeness (QED) is 0.592. The van der Waals surface area contributed by atoms with Gasteiger partial charge in [0.25, 0.3) is 0 Å². The molecule has 4 saturated carbocycles. The Balaban J connectivity index is 1.73. The molecule has 2 N–H and O–H groups in total. The Kier molecular flexibility index (Phi) is 4.55. The lowest BCUT2D eigenvalue weighted by atomic mass is 9.43. The predicted octanol–water partition coefficient (Wildman–Crippen LogP) is 5.30. The summed E-state index contributed by atoms with van der Waals surface area (Å²) in [5.74, 6) is 1.96. The van der Waals surface area contributed by atoms with Gasteiger partial charge in [-0.1, -0.05) is 50.4 Å². The molecule has 4 rings (SSSR count). The minimum absolute atomic E-state index is 0.00808. The molecule has 2 nitrogen and oxygen atoms in total. The van der Waals surface area contributed by atoms with Crippen LogP contribution in [-0.4, -0.2) is 22.4 Å². The molecule has 4 fully saturated rings. The SMILES string of the molecule is C[C@H]1CC[C@]2(C)C3CC[C@]4(C)C(=C(Cl)Cl)CCC4C3[C@@H](O)[C@H](O)C2C1. The summed E-state index contributed by atoms with van der Waals surface area (Å²) in [6.45, 7) is 6.98. The summed E-state index contributed by atoms with van der Waals surface area (Å²) in [6, 6.07) is 0. The number of halogens is 2. The number of hydrogen-bond donors (Lipinski definition) is 2. The third kappa shape index (κ3) is 2.50. The Morgan fingerprint density at radius 2 is 1.68 bits per heavy atom. The van der Waals surface area contributed by atoms with Crippen LogP contribution in [0.15, 0.2) is 10.1 Å². The Bertz CT molecular complexity index is 586. The van der Waals surface area contributed by atoms with Gasteiger partial charge in [0, 0.05) is 0 Å².